The maximum Gasteiger partial charge on any atom is 0.311 e. The SMILES string of the molecule is Cc1cc(C)c(OC(=O)CC2CCCCC2C)c(C)c1. The van der Waals surface area contributed by atoms with Gasteiger partial charge in [0, 0.05) is 6.42 Å². The molecule has 0 amide bonds. The Kier molecular flexibility index (Phi) is 4.85. The van der Waals surface area contributed by atoms with E-state index in [0.717, 1.165) is 16.9 Å². The molecule has 110 valence electrons. The topological polar surface area (TPSA) is 26.3 Å². The van der Waals surface area contributed by atoms with E-state index in [9.17, 15) is 4.79 Å². The molecule has 0 radical (unpaired) electrons. The smallest absolute Gasteiger partial charge is 0.311 e. The van der Waals surface area contributed by atoms with Gasteiger partial charge < -0.3 is 4.74 Å². The van der Waals surface area contributed by atoms with Gasteiger partial charge in [-0.3, -0.25) is 4.79 Å². The average molecular weight is 274 g/mol. The lowest BCUT2D eigenvalue weighted by atomic mass is 9.79. The van der Waals surface area contributed by atoms with E-state index < -0.39 is 0 Å². The summed E-state index contributed by atoms with van der Waals surface area (Å²) in [6.45, 7) is 8.34. The summed E-state index contributed by atoms with van der Waals surface area (Å²) in [5, 5.41) is 0. The van der Waals surface area contributed by atoms with E-state index in [4.69, 9.17) is 4.74 Å². The summed E-state index contributed by atoms with van der Waals surface area (Å²) in [6.07, 6.45) is 5.55. The third-order valence-corrected chi connectivity index (χ3v) is 4.54. The molecule has 0 aliphatic heterocycles. The molecule has 1 saturated carbocycles. The summed E-state index contributed by atoms with van der Waals surface area (Å²) in [6, 6.07) is 4.14. The van der Waals surface area contributed by atoms with Gasteiger partial charge in [-0.05, 0) is 50.2 Å². The fourth-order valence-electron chi connectivity index (χ4n) is 3.39. The van der Waals surface area contributed by atoms with E-state index in [-0.39, 0.29) is 5.97 Å². The summed E-state index contributed by atoms with van der Waals surface area (Å²) in [4.78, 5) is 12.2. The van der Waals surface area contributed by atoms with Gasteiger partial charge in [-0.2, -0.15) is 0 Å². The third-order valence-electron chi connectivity index (χ3n) is 4.54. The Morgan fingerprint density at radius 3 is 2.35 bits per heavy atom. The van der Waals surface area contributed by atoms with Crippen molar-refractivity contribution in [2.45, 2.75) is 59.8 Å². The largest absolute Gasteiger partial charge is 0.426 e. The molecule has 2 atom stereocenters. The lowest BCUT2D eigenvalue weighted by Crippen LogP contribution is -2.22. The van der Waals surface area contributed by atoms with E-state index in [1.807, 2.05) is 13.8 Å². The van der Waals surface area contributed by atoms with Gasteiger partial charge in [-0.25, -0.2) is 0 Å². The van der Waals surface area contributed by atoms with Crippen LogP contribution in [0.3, 0.4) is 0 Å². The van der Waals surface area contributed by atoms with Gasteiger partial charge in [-0.1, -0.05) is 43.9 Å². The molecule has 2 rings (SSSR count). The van der Waals surface area contributed by atoms with Crippen molar-refractivity contribution in [1.29, 1.82) is 0 Å². The Hall–Kier alpha value is -1.31. The van der Waals surface area contributed by atoms with E-state index in [2.05, 4.69) is 26.0 Å². The normalized spacial score (nSPS) is 22.6. The summed E-state index contributed by atoms with van der Waals surface area (Å²) in [5.74, 6) is 1.83. The molecule has 0 saturated heterocycles. The highest BCUT2D eigenvalue weighted by molar-refractivity contribution is 5.73. The fraction of sp³-hybridized carbons (Fsp3) is 0.611. The minimum absolute atomic E-state index is 0.0706. The summed E-state index contributed by atoms with van der Waals surface area (Å²) in [5.41, 5.74) is 3.31. The highest BCUT2D eigenvalue weighted by atomic mass is 16.5. The van der Waals surface area contributed by atoms with Crippen LogP contribution >= 0.6 is 0 Å². The molecule has 1 aromatic carbocycles. The first-order chi connectivity index (χ1) is 9.47. The molecule has 0 bridgehead atoms. The monoisotopic (exact) mass is 274 g/mol. The van der Waals surface area contributed by atoms with Crippen molar-refractivity contribution >= 4 is 5.97 Å². The van der Waals surface area contributed by atoms with Crippen LogP contribution < -0.4 is 4.74 Å². The Balaban J connectivity index is 2.01. The van der Waals surface area contributed by atoms with Crippen LogP contribution in [-0.4, -0.2) is 5.97 Å². The maximum atomic E-state index is 12.2. The highest BCUT2D eigenvalue weighted by Gasteiger charge is 2.25. The van der Waals surface area contributed by atoms with Crippen LogP contribution in [0, 0.1) is 32.6 Å². The first kappa shape index (κ1) is 15.1. The predicted octanol–water partition coefficient (Wildman–Crippen LogP) is 4.73. The number of esters is 1. The van der Waals surface area contributed by atoms with Gasteiger partial charge in [0.25, 0.3) is 0 Å². The van der Waals surface area contributed by atoms with Crippen LogP contribution in [0.1, 0.15) is 55.7 Å². The molecule has 20 heavy (non-hydrogen) atoms. The standard InChI is InChI=1S/C18H26O2/c1-12-9-14(3)18(15(4)10-12)20-17(19)11-16-8-6-5-7-13(16)2/h9-10,13,16H,5-8,11H2,1-4H3. The fourth-order valence-corrected chi connectivity index (χ4v) is 3.39. The second-order valence-corrected chi connectivity index (χ2v) is 6.43. The minimum Gasteiger partial charge on any atom is -0.426 e. The van der Waals surface area contributed by atoms with Crippen molar-refractivity contribution < 1.29 is 9.53 Å². The number of carbonyl (C=O) groups is 1. The van der Waals surface area contributed by atoms with Crippen molar-refractivity contribution in [2.75, 3.05) is 0 Å². The highest BCUT2D eigenvalue weighted by Crippen LogP contribution is 2.33. The zero-order valence-electron chi connectivity index (χ0n) is 13.2. The Labute approximate surface area is 122 Å². The molecule has 2 unspecified atom stereocenters. The molecule has 2 nitrogen and oxygen atoms in total. The van der Waals surface area contributed by atoms with Crippen LogP contribution in [0.2, 0.25) is 0 Å². The van der Waals surface area contributed by atoms with Crippen molar-refractivity contribution in [3.63, 3.8) is 0 Å². The summed E-state index contributed by atoms with van der Waals surface area (Å²) >= 11 is 0. The lowest BCUT2D eigenvalue weighted by Gasteiger charge is -2.27. The van der Waals surface area contributed by atoms with E-state index >= 15 is 0 Å². The molecule has 1 fully saturated rings. The number of rotatable bonds is 3. The molecular formula is C18H26O2. The molecule has 1 aliphatic rings. The molecule has 1 aliphatic carbocycles. The first-order valence-corrected chi connectivity index (χ1v) is 7.76. The van der Waals surface area contributed by atoms with Gasteiger partial charge in [0.15, 0.2) is 0 Å². The molecule has 0 heterocycles. The maximum absolute atomic E-state index is 12.2. The van der Waals surface area contributed by atoms with Gasteiger partial charge in [-0.15, -0.1) is 0 Å². The van der Waals surface area contributed by atoms with Crippen LogP contribution in [0.15, 0.2) is 12.1 Å². The molecule has 0 spiro atoms. The average Bonchev–Trinajstić information content (AvgIpc) is 2.36. The van der Waals surface area contributed by atoms with Crippen LogP contribution in [0.5, 0.6) is 5.75 Å². The quantitative estimate of drug-likeness (QED) is 0.588. The summed E-state index contributed by atoms with van der Waals surface area (Å²) in [7, 11) is 0. The van der Waals surface area contributed by atoms with Gasteiger partial charge >= 0.3 is 5.97 Å². The predicted molar refractivity (Wildman–Crippen MR) is 82.0 cm³/mol. The number of carbonyl (C=O) groups excluding carboxylic acids is 1. The van der Waals surface area contributed by atoms with E-state index in [1.165, 1.54) is 31.2 Å². The van der Waals surface area contributed by atoms with Gasteiger partial charge in [0.1, 0.15) is 5.75 Å². The van der Waals surface area contributed by atoms with Crippen molar-refractivity contribution in [3.8, 4) is 5.75 Å². The zero-order chi connectivity index (χ0) is 14.7. The summed E-state index contributed by atoms with van der Waals surface area (Å²) < 4.78 is 5.64. The number of hydrogen-bond donors (Lipinski definition) is 0. The van der Waals surface area contributed by atoms with E-state index in [0.29, 0.717) is 18.3 Å². The number of benzene rings is 1. The van der Waals surface area contributed by atoms with Gasteiger partial charge in [0.05, 0.1) is 0 Å². The number of hydrogen-bond acceptors (Lipinski definition) is 2. The Morgan fingerprint density at radius 2 is 1.75 bits per heavy atom. The second kappa shape index (κ2) is 6.43. The number of aryl methyl sites for hydroxylation is 3. The number of ether oxygens (including phenoxy) is 1. The van der Waals surface area contributed by atoms with Crippen LogP contribution in [0.25, 0.3) is 0 Å². The Morgan fingerprint density at radius 1 is 1.15 bits per heavy atom. The minimum atomic E-state index is -0.0706. The third kappa shape index (κ3) is 3.62. The molecule has 2 heteroatoms. The first-order valence-electron chi connectivity index (χ1n) is 7.76. The molecule has 0 aromatic heterocycles. The Bertz CT molecular complexity index is 467. The van der Waals surface area contributed by atoms with Crippen LogP contribution in [-0.2, 0) is 4.79 Å². The van der Waals surface area contributed by atoms with Crippen molar-refractivity contribution in [3.05, 3.63) is 28.8 Å². The van der Waals surface area contributed by atoms with Gasteiger partial charge in [0.2, 0.25) is 0 Å². The van der Waals surface area contributed by atoms with Crippen molar-refractivity contribution in [1.82, 2.24) is 0 Å². The molecule has 0 N–H and O–H groups in total. The van der Waals surface area contributed by atoms with E-state index in [1.54, 1.807) is 0 Å². The second-order valence-electron chi connectivity index (χ2n) is 6.43. The van der Waals surface area contributed by atoms with Crippen LogP contribution in [0.4, 0.5) is 0 Å². The molecular weight excluding hydrogens is 248 g/mol. The molecule has 1 aromatic rings. The van der Waals surface area contributed by atoms with Crippen molar-refractivity contribution in [2.24, 2.45) is 11.8 Å². The lowest BCUT2D eigenvalue weighted by molar-refractivity contribution is -0.136. The zero-order valence-corrected chi connectivity index (χ0v) is 13.2.